The van der Waals surface area contributed by atoms with Crippen molar-refractivity contribution in [1.29, 1.82) is 0 Å². The van der Waals surface area contributed by atoms with Gasteiger partial charge in [-0.2, -0.15) is 0 Å². The number of rotatable bonds is 10. The first-order chi connectivity index (χ1) is 13.2. The highest BCUT2D eigenvalue weighted by atomic mass is 32.2. The second-order valence-corrected chi connectivity index (χ2v) is 9.06. The number of aryl methyl sites for hydroxylation is 1. The Kier molecular flexibility index (Phi) is 7.41. The van der Waals surface area contributed by atoms with Crippen molar-refractivity contribution in [3.8, 4) is 0 Å². The van der Waals surface area contributed by atoms with Crippen molar-refractivity contribution >= 4 is 39.9 Å². The molecule has 0 bridgehead atoms. The number of ketones is 1. The number of nitrogens with zero attached hydrogens (tertiary/aromatic N) is 2. The Hall–Kier alpha value is -1.73. The molecule has 27 heavy (non-hydrogen) atoms. The summed E-state index contributed by atoms with van der Waals surface area (Å²) in [5.41, 5.74) is 2.01. The molecule has 1 aromatic carbocycles. The van der Waals surface area contributed by atoms with Crippen LogP contribution in [0.1, 0.15) is 61.4 Å². The maximum Gasteiger partial charge on any atom is 0.229 e. The van der Waals surface area contributed by atoms with Gasteiger partial charge in [0, 0.05) is 11.5 Å². The number of carbonyl (C=O) groups is 2. The average Bonchev–Trinajstić information content (AvgIpc) is 3.06. The number of benzene rings is 1. The highest BCUT2D eigenvalue weighted by Crippen LogP contribution is 2.30. The van der Waals surface area contributed by atoms with Gasteiger partial charge in [0.25, 0.3) is 0 Å². The molecule has 0 atom stereocenters. The standard InChI is InChI=1S/C20H25N3O2S2/c1-2-3-4-6-14-9-11-15(12-10-14)17(24)13-26-20-23-22-19(27-20)21-18(25)16-7-5-8-16/h9-12,16H,2-8,13H2,1H3,(H,21,22,25). The number of nitrogens with one attached hydrogen (secondary N) is 1. The number of carbonyl (C=O) groups excluding carboxylic acids is 2. The van der Waals surface area contributed by atoms with Gasteiger partial charge in [-0.05, 0) is 31.2 Å². The van der Waals surface area contributed by atoms with E-state index in [1.54, 1.807) is 0 Å². The van der Waals surface area contributed by atoms with Crippen LogP contribution in [0.15, 0.2) is 28.6 Å². The number of hydrogen-bond donors (Lipinski definition) is 1. The maximum absolute atomic E-state index is 12.4. The Balaban J connectivity index is 1.45. The molecule has 1 amide bonds. The van der Waals surface area contributed by atoms with Gasteiger partial charge in [-0.15, -0.1) is 10.2 Å². The monoisotopic (exact) mass is 403 g/mol. The van der Waals surface area contributed by atoms with E-state index in [-0.39, 0.29) is 17.6 Å². The van der Waals surface area contributed by atoms with Crippen LogP contribution in [0.3, 0.4) is 0 Å². The highest BCUT2D eigenvalue weighted by molar-refractivity contribution is 8.01. The molecule has 1 fully saturated rings. The Bertz CT molecular complexity index is 770. The first kappa shape index (κ1) is 20.0. The van der Waals surface area contributed by atoms with Crippen LogP contribution in [0, 0.1) is 5.92 Å². The lowest BCUT2D eigenvalue weighted by molar-refractivity contribution is -0.122. The van der Waals surface area contributed by atoms with Gasteiger partial charge in [0.05, 0.1) is 5.75 Å². The summed E-state index contributed by atoms with van der Waals surface area (Å²) < 4.78 is 0.698. The van der Waals surface area contributed by atoms with Gasteiger partial charge >= 0.3 is 0 Å². The molecule has 5 nitrogen and oxygen atoms in total. The van der Waals surface area contributed by atoms with Crippen molar-refractivity contribution in [2.24, 2.45) is 5.92 Å². The van der Waals surface area contributed by atoms with Gasteiger partial charge in [0.1, 0.15) is 0 Å². The van der Waals surface area contributed by atoms with E-state index >= 15 is 0 Å². The molecule has 7 heteroatoms. The quantitative estimate of drug-likeness (QED) is 0.262. The Morgan fingerprint density at radius 1 is 1.19 bits per heavy atom. The minimum Gasteiger partial charge on any atom is -0.300 e. The van der Waals surface area contributed by atoms with Crippen molar-refractivity contribution in [2.45, 2.75) is 56.2 Å². The van der Waals surface area contributed by atoms with Crippen LogP contribution in [-0.2, 0) is 11.2 Å². The minimum absolute atomic E-state index is 0.0315. The molecule has 1 heterocycles. The zero-order valence-electron chi connectivity index (χ0n) is 15.6. The average molecular weight is 404 g/mol. The summed E-state index contributed by atoms with van der Waals surface area (Å²) in [5.74, 6) is 0.552. The van der Waals surface area contributed by atoms with E-state index < -0.39 is 0 Å². The molecule has 0 spiro atoms. The Morgan fingerprint density at radius 2 is 1.96 bits per heavy atom. The number of anilines is 1. The second kappa shape index (κ2) is 9.99. The SMILES string of the molecule is CCCCCc1ccc(C(=O)CSc2nnc(NC(=O)C3CCC3)s2)cc1. The van der Waals surface area contributed by atoms with E-state index in [1.807, 2.05) is 24.3 Å². The summed E-state index contributed by atoms with van der Waals surface area (Å²) in [6.07, 6.45) is 7.74. The van der Waals surface area contributed by atoms with Crippen LogP contribution in [-0.4, -0.2) is 27.6 Å². The molecule has 1 N–H and O–H groups in total. The van der Waals surface area contributed by atoms with Crippen molar-refractivity contribution < 1.29 is 9.59 Å². The topological polar surface area (TPSA) is 72.0 Å². The summed E-state index contributed by atoms with van der Waals surface area (Å²) in [6.45, 7) is 2.20. The first-order valence-corrected chi connectivity index (χ1v) is 11.3. The fraction of sp³-hybridized carbons (Fsp3) is 0.500. The number of unbranched alkanes of at least 4 members (excludes halogenated alkanes) is 2. The number of Topliss-reactive ketones (excluding diaryl/α,β-unsaturated/α-hetero) is 1. The van der Waals surface area contributed by atoms with E-state index in [0.717, 1.165) is 31.2 Å². The molecule has 144 valence electrons. The van der Waals surface area contributed by atoms with Gasteiger partial charge in [-0.1, -0.05) is 73.6 Å². The molecular weight excluding hydrogens is 378 g/mol. The molecule has 3 rings (SSSR count). The molecule has 2 aromatic rings. The number of amides is 1. The minimum atomic E-state index is 0.0315. The summed E-state index contributed by atoms with van der Waals surface area (Å²) in [6, 6.07) is 7.92. The van der Waals surface area contributed by atoms with Crippen LogP contribution in [0.2, 0.25) is 0 Å². The summed E-state index contributed by atoms with van der Waals surface area (Å²) in [7, 11) is 0. The predicted molar refractivity (Wildman–Crippen MR) is 111 cm³/mol. The predicted octanol–water partition coefficient (Wildman–Crippen LogP) is 4.98. The molecule has 1 aliphatic rings. The largest absolute Gasteiger partial charge is 0.300 e. The molecule has 0 unspecified atom stereocenters. The van der Waals surface area contributed by atoms with Crippen molar-refractivity contribution in [2.75, 3.05) is 11.1 Å². The smallest absolute Gasteiger partial charge is 0.229 e. The fourth-order valence-electron chi connectivity index (χ4n) is 2.84. The van der Waals surface area contributed by atoms with Crippen molar-refractivity contribution in [3.05, 3.63) is 35.4 Å². The van der Waals surface area contributed by atoms with Crippen LogP contribution < -0.4 is 5.32 Å². The van der Waals surface area contributed by atoms with Crippen LogP contribution in [0.4, 0.5) is 5.13 Å². The molecule has 1 aliphatic carbocycles. The molecule has 0 radical (unpaired) electrons. The van der Waals surface area contributed by atoms with Crippen LogP contribution in [0.25, 0.3) is 0 Å². The number of hydrogen-bond acceptors (Lipinski definition) is 6. The zero-order chi connectivity index (χ0) is 19.1. The Labute approximate surface area is 168 Å². The summed E-state index contributed by atoms with van der Waals surface area (Å²) in [4.78, 5) is 24.3. The van der Waals surface area contributed by atoms with Crippen LogP contribution >= 0.6 is 23.1 Å². The van der Waals surface area contributed by atoms with Gasteiger partial charge in [-0.25, -0.2) is 0 Å². The summed E-state index contributed by atoms with van der Waals surface area (Å²) in [5, 5.41) is 11.4. The molecule has 0 saturated heterocycles. The first-order valence-electron chi connectivity index (χ1n) is 9.55. The van der Waals surface area contributed by atoms with Gasteiger partial charge in [0.15, 0.2) is 10.1 Å². The third-order valence-corrected chi connectivity index (χ3v) is 6.76. The van der Waals surface area contributed by atoms with Gasteiger partial charge < -0.3 is 5.32 Å². The molecule has 0 aliphatic heterocycles. The summed E-state index contributed by atoms with van der Waals surface area (Å²) >= 11 is 2.69. The second-order valence-electron chi connectivity index (χ2n) is 6.86. The fourth-order valence-corrected chi connectivity index (χ4v) is 4.49. The van der Waals surface area contributed by atoms with Gasteiger partial charge in [-0.3, -0.25) is 9.59 Å². The molecule has 1 aromatic heterocycles. The number of thioether (sulfide) groups is 1. The highest BCUT2D eigenvalue weighted by Gasteiger charge is 2.26. The van der Waals surface area contributed by atoms with E-state index in [0.29, 0.717) is 15.2 Å². The lowest BCUT2D eigenvalue weighted by Crippen LogP contribution is -2.27. The van der Waals surface area contributed by atoms with E-state index in [9.17, 15) is 9.59 Å². The van der Waals surface area contributed by atoms with E-state index in [2.05, 4.69) is 22.4 Å². The van der Waals surface area contributed by atoms with E-state index in [4.69, 9.17) is 0 Å². The number of aromatic nitrogens is 2. The van der Waals surface area contributed by atoms with E-state index in [1.165, 1.54) is 47.9 Å². The maximum atomic E-state index is 12.4. The lowest BCUT2D eigenvalue weighted by Gasteiger charge is -2.23. The molecular formula is C20H25N3O2S2. The normalized spacial score (nSPS) is 14.0. The molecule has 1 saturated carbocycles. The van der Waals surface area contributed by atoms with Crippen molar-refractivity contribution in [3.63, 3.8) is 0 Å². The Morgan fingerprint density at radius 3 is 2.63 bits per heavy atom. The van der Waals surface area contributed by atoms with Crippen molar-refractivity contribution in [1.82, 2.24) is 10.2 Å². The van der Waals surface area contributed by atoms with Crippen LogP contribution in [0.5, 0.6) is 0 Å². The lowest BCUT2D eigenvalue weighted by atomic mass is 9.85. The third-order valence-electron chi connectivity index (χ3n) is 4.78. The third kappa shape index (κ3) is 5.87. The zero-order valence-corrected chi connectivity index (χ0v) is 17.2. The van der Waals surface area contributed by atoms with Gasteiger partial charge in [0.2, 0.25) is 11.0 Å².